The highest BCUT2D eigenvalue weighted by Gasteiger charge is 2.17. The van der Waals surface area contributed by atoms with E-state index in [0.29, 0.717) is 12.0 Å². The molecule has 1 aromatic heterocycles. The van der Waals surface area contributed by atoms with Crippen LogP contribution in [0.1, 0.15) is 40.9 Å². The van der Waals surface area contributed by atoms with Crippen molar-refractivity contribution in [3.05, 3.63) is 65.4 Å². The van der Waals surface area contributed by atoms with E-state index < -0.39 is 0 Å². The number of fused-ring (bicyclic) bond motifs is 1. The lowest BCUT2D eigenvalue weighted by molar-refractivity contribution is -0.130. The zero-order valence-corrected chi connectivity index (χ0v) is 16.0. The fourth-order valence-electron chi connectivity index (χ4n) is 3.65. The fraction of sp³-hybridized carbons (Fsp3) is 0.304. The first-order valence-electron chi connectivity index (χ1n) is 9.77. The molecule has 144 valence electrons. The number of hydrogen-bond donors (Lipinski definition) is 1. The van der Waals surface area contributed by atoms with Gasteiger partial charge in [0.2, 0.25) is 5.91 Å². The van der Waals surface area contributed by atoms with Crippen molar-refractivity contribution >= 4 is 28.5 Å². The molecule has 0 radical (unpaired) electrons. The van der Waals surface area contributed by atoms with Crippen molar-refractivity contribution in [3.63, 3.8) is 0 Å². The van der Waals surface area contributed by atoms with Crippen LogP contribution in [0.3, 0.4) is 0 Å². The summed E-state index contributed by atoms with van der Waals surface area (Å²) in [5.74, 6) is 0.906. The van der Waals surface area contributed by atoms with Crippen LogP contribution in [0, 0.1) is 6.92 Å². The van der Waals surface area contributed by atoms with Gasteiger partial charge >= 0.3 is 0 Å². The highest BCUT2D eigenvalue weighted by molar-refractivity contribution is 6.06. The van der Waals surface area contributed by atoms with Crippen LogP contribution in [-0.2, 0) is 11.2 Å². The van der Waals surface area contributed by atoms with Gasteiger partial charge in [-0.25, -0.2) is 0 Å². The first-order valence-corrected chi connectivity index (χ1v) is 9.77. The van der Waals surface area contributed by atoms with Gasteiger partial charge in [-0.2, -0.15) is 0 Å². The Bertz CT molecular complexity index is 998. The largest absolute Gasteiger partial charge is 0.461 e. The van der Waals surface area contributed by atoms with Gasteiger partial charge in [-0.3, -0.25) is 9.59 Å². The minimum Gasteiger partial charge on any atom is -0.461 e. The van der Waals surface area contributed by atoms with Crippen LogP contribution in [0.25, 0.3) is 11.0 Å². The maximum absolute atomic E-state index is 12.5. The summed E-state index contributed by atoms with van der Waals surface area (Å²) in [5.41, 5.74) is 3.21. The lowest BCUT2D eigenvalue weighted by Gasteiger charge is -2.15. The molecule has 5 heteroatoms. The summed E-state index contributed by atoms with van der Waals surface area (Å²) in [6.45, 7) is 3.68. The molecule has 0 saturated carbocycles. The Labute approximate surface area is 164 Å². The molecule has 0 atom stereocenters. The standard InChI is InChI=1S/C23H24N2O3/c1-16-14-19-15-18(7-10-21(19)28-16)23(27)24-20-8-4-17(5-9-20)6-11-22(26)25-12-2-3-13-25/h4-5,7-10,14-15H,2-3,6,11-13H2,1H3,(H,24,27). The molecule has 4 rings (SSSR count). The fourth-order valence-corrected chi connectivity index (χ4v) is 3.65. The van der Waals surface area contributed by atoms with Crippen LogP contribution >= 0.6 is 0 Å². The van der Waals surface area contributed by atoms with E-state index in [1.165, 1.54) is 0 Å². The third kappa shape index (κ3) is 4.09. The summed E-state index contributed by atoms with van der Waals surface area (Å²) in [4.78, 5) is 26.6. The number of amides is 2. The minimum atomic E-state index is -0.155. The van der Waals surface area contributed by atoms with Gasteiger partial charge in [-0.1, -0.05) is 12.1 Å². The molecule has 2 aromatic carbocycles. The van der Waals surface area contributed by atoms with Gasteiger partial charge in [0.25, 0.3) is 5.91 Å². The van der Waals surface area contributed by atoms with Crippen molar-refractivity contribution in [2.45, 2.75) is 32.6 Å². The summed E-state index contributed by atoms with van der Waals surface area (Å²) in [6.07, 6.45) is 3.50. The Morgan fingerprint density at radius 2 is 1.79 bits per heavy atom. The number of carbonyl (C=O) groups is 2. The van der Waals surface area contributed by atoms with Gasteiger partial charge in [0.1, 0.15) is 11.3 Å². The summed E-state index contributed by atoms with van der Waals surface area (Å²) in [7, 11) is 0. The van der Waals surface area contributed by atoms with Crippen LogP contribution in [-0.4, -0.2) is 29.8 Å². The van der Waals surface area contributed by atoms with Crippen LogP contribution in [0.4, 0.5) is 5.69 Å². The Hall–Kier alpha value is -3.08. The molecule has 3 aromatic rings. The SMILES string of the molecule is Cc1cc2cc(C(=O)Nc3ccc(CCC(=O)N4CCCC4)cc3)ccc2o1. The summed E-state index contributed by atoms with van der Waals surface area (Å²) >= 11 is 0. The second-order valence-corrected chi connectivity index (χ2v) is 7.35. The molecule has 0 unspecified atom stereocenters. The molecule has 1 fully saturated rings. The molecule has 1 aliphatic heterocycles. The average molecular weight is 376 g/mol. The Morgan fingerprint density at radius 3 is 2.54 bits per heavy atom. The number of nitrogens with zero attached hydrogens (tertiary/aromatic N) is 1. The zero-order valence-electron chi connectivity index (χ0n) is 16.0. The van der Waals surface area contributed by atoms with Gasteiger partial charge in [0.15, 0.2) is 0 Å². The minimum absolute atomic E-state index is 0.155. The number of likely N-dealkylation sites (tertiary alicyclic amines) is 1. The predicted molar refractivity (Wildman–Crippen MR) is 109 cm³/mol. The molecule has 2 amide bonds. The molecule has 1 saturated heterocycles. The van der Waals surface area contributed by atoms with Crippen LogP contribution < -0.4 is 5.32 Å². The number of furan rings is 1. The first-order chi connectivity index (χ1) is 13.6. The Morgan fingerprint density at radius 1 is 1.04 bits per heavy atom. The van der Waals surface area contributed by atoms with Gasteiger partial charge in [-0.05, 0) is 68.1 Å². The monoisotopic (exact) mass is 376 g/mol. The lowest BCUT2D eigenvalue weighted by atomic mass is 10.1. The van der Waals surface area contributed by atoms with Crippen molar-refractivity contribution in [3.8, 4) is 0 Å². The number of rotatable bonds is 5. The second kappa shape index (κ2) is 7.89. The normalized spacial score (nSPS) is 13.8. The second-order valence-electron chi connectivity index (χ2n) is 7.35. The smallest absolute Gasteiger partial charge is 0.255 e. The van der Waals surface area contributed by atoms with E-state index >= 15 is 0 Å². The van der Waals surface area contributed by atoms with E-state index in [4.69, 9.17) is 4.42 Å². The molecular formula is C23H24N2O3. The van der Waals surface area contributed by atoms with E-state index in [0.717, 1.165) is 60.3 Å². The van der Waals surface area contributed by atoms with Crippen molar-refractivity contribution in [1.82, 2.24) is 4.90 Å². The van der Waals surface area contributed by atoms with Crippen molar-refractivity contribution in [1.29, 1.82) is 0 Å². The van der Waals surface area contributed by atoms with Crippen molar-refractivity contribution in [2.75, 3.05) is 18.4 Å². The molecular weight excluding hydrogens is 352 g/mol. The molecule has 2 heterocycles. The molecule has 1 N–H and O–H groups in total. The van der Waals surface area contributed by atoms with Crippen LogP contribution in [0.5, 0.6) is 0 Å². The quantitative estimate of drug-likeness (QED) is 0.711. The van der Waals surface area contributed by atoms with E-state index in [1.807, 2.05) is 54.3 Å². The number of aryl methyl sites for hydroxylation is 2. The van der Waals surface area contributed by atoms with E-state index in [-0.39, 0.29) is 11.8 Å². The molecule has 0 spiro atoms. The van der Waals surface area contributed by atoms with Crippen molar-refractivity contribution in [2.24, 2.45) is 0 Å². The third-order valence-corrected chi connectivity index (χ3v) is 5.20. The molecule has 1 aliphatic rings. The van der Waals surface area contributed by atoms with Crippen molar-refractivity contribution < 1.29 is 14.0 Å². The predicted octanol–water partition coefficient (Wildman–Crippen LogP) is 4.55. The molecule has 0 aliphatic carbocycles. The Balaban J connectivity index is 1.35. The van der Waals surface area contributed by atoms with Crippen LogP contribution in [0.2, 0.25) is 0 Å². The zero-order chi connectivity index (χ0) is 19.5. The highest BCUT2D eigenvalue weighted by Crippen LogP contribution is 2.21. The highest BCUT2D eigenvalue weighted by atomic mass is 16.3. The number of benzene rings is 2. The number of carbonyl (C=O) groups excluding carboxylic acids is 2. The van der Waals surface area contributed by atoms with E-state index in [9.17, 15) is 9.59 Å². The lowest BCUT2D eigenvalue weighted by Crippen LogP contribution is -2.27. The maximum Gasteiger partial charge on any atom is 0.255 e. The molecule has 5 nitrogen and oxygen atoms in total. The third-order valence-electron chi connectivity index (χ3n) is 5.20. The van der Waals surface area contributed by atoms with Gasteiger partial charge < -0.3 is 14.6 Å². The van der Waals surface area contributed by atoms with E-state index in [2.05, 4.69) is 5.32 Å². The van der Waals surface area contributed by atoms with Gasteiger partial charge in [0.05, 0.1) is 0 Å². The summed E-state index contributed by atoms with van der Waals surface area (Å²) in [6, 6.07) is 15.0. The summed E-state index contributed by atoms with van der Waals surface area (Å²) < 4.78 is 5.55. The average Bonchev–Trinajstić information content (AvgIpc) is 3.35. The van der Waals surface area contributed by atoms with E-state index in [1.54, 1.807) is 6.07 Å². The van der Waals surface area contributed by atoms with Gasteiger partial charge in [-0.15, -0.1) is 0 Å². The number of hydrogen-bond acceptors (Lipinski definition) is 3. The first kappa shape index (κ1) is 18.3. The Kier molecular flexibility index (Phi) is 5.15. The van der Waals surface area contributed by atoms with Gasteiger partial charge in [0, 0.05) is 36.1 Å². The molecule has 28 heavy (non-hydrogen) atoms. The summed E-state index contributed by atoms with van der Waals surface area (Å²) in [5, 5.41) is 3.84. The van der Waals surface area contributed by atoms with Crippen LogP contribution in [0.15, 0.2) is 52.9 Å². The maximum atomic E-state index is 12.5. The molecule has 0 bridgehead atoms. The number of nitrogens with one attached hydrogen (secondary N) is 1. The number of anilines is 1. The topological polar surface area (TPSA) is 62.6 Å².